The molecule has 2 heterocycles. The lowest BCUT2D eigenvalue weighted by atomic mass is 10.1. The Kier molecular flexibility index (Phi) is 5.55. The quantitative estimate of drug-likeness (QED) is 0.579. The molecular formula is C14H15ClF2N3O4+. The van der Waals surface area contributed by atoms with Gasteiger partial charge >= 0.3 is 12.6 Å². The van der Waals surface area contributed by atoms with Gasteiger partial charge in [0.1, 0.15) is 23.4 Å². The zero-order valence-electron chi connectivity index (χ0n) is 13.1. The molecule has 7 nitrogen and oxygen atoms in total. The number of hydrogen-bond acceptors (Lipinski definition) is 5. The van der Waals surface area contributed by atoms with E-state index in [1.165, 1.54) is 42.0 Å². The highest BCUT2D eigenvalue weighted by molar-refractivity contribution is 6.35. The van der Waals surface area contributed by atoms with Gasteiger partial charge in [-0.05, 0) is 6.92 Å². The molecule has 130 valence electrons. The van der Waals surface area contributed by atoms with E-state index in [-0.39, 0.29) is 34.3 Å². The summed E-state index contributed by atoms with van der Waals surface area (Å²) in [7, 11) is 2.91. The Balaban J connectivity index is 2.60. The Bertz CT molecular complexity index is 752. The van der Waals surface area contributed by atoms with Gasteiger partial charge in [0.15, 0.2) is 5.69 Å². The number of ether oxygens (including phenoxy) is 2. The van der Waals surface area contributed by atoms with E-state index in [9.17, 15) is 13.6 Å². The molecule has 2 rings (SSSR count). The van der Waals surface area contributed by atoms with Crippen molar-refractivity contribution in [2.45, 2.75) is 13.5 Å². The van der Waals surface area contributed by atoms with Crippen molar-refractivity contribution in [2.24, 2.45) is 7.05 Å². The molecule has 0 aliphatic heterocycles. The highest BCUT2D eigenvalue weighted by Crippen LogP contribution is 2.36. The number of pyridine rings is 1. The fourth-order valence-corrected chi connectivity index (χ4v) is 2.41. The van der Waals surface area contributed by atoms with Gasteiger partial charge in [0.05, 0.1) is 18.4 Å². The third-order valence-corrected chi connectivity index (χ3v) is 3.39. The standard InChI is InChI=1S/C14H15ClF2N3O4/c1-4-23-13(21)11-10(15)12(19(2)18-11)8-7-20(22-3)6-5-9(8)24-14(16)17/h5-7,14H,4H2,1-3H3/q+1. The number of carbonyl (C=O) groups excluding carboxylic acids is 1. The minimum absolute atomic E-state index is 0.0380. The monoisotopic (exact) mass is 362 g/mol. The van der Waals surface area contributed by atoms with Crippen molar-refractivity contribution in [3.63, 3.8) is 0 Å². The Morgan fingerprint density at radius 1 is 1.50 bits per heavy atom. The Morgan fingerprint density at radius 2 is 2.21 bits per heavy atom. The van der Waals surface area contributed by atoms with Crippen LogP contribution in [-0.4, -0.2) is 36.1 Å². The molecule has 0 saturated carbocycles. The van der Waals surface area contributed by atoms with Gasteiger partial charge in [0, 0.05) is 11.8 Å². The van der Waals surface area contributed by atoms with Crippen LogP contribution in [0.3, 0.4) is 0 Å². The Hall–Kier alpha value is -2.42. The SMILES string of the molecule is CCOC(=O)c1nn(C)c(-c2c[n+](OC)ccc2OC(F)F)c1Cl. The highest BCUT2D eigenvalue weighted by atomic mass is 35.5. The zero-order chi connectivity index (χ0) is 17.9. The summed E-state index contributed by atoms with van der Waals surface area (Å²) in [4.78, 5) is 16.9. The number of halogens is 3. The maximum atomic E-state index is 12.6. The highest BCUT2D eigenvalue weighted by Gasteiger charge is 2.27. The third-order valence-electron chi connectivity index (χ3n) is 3.03. The van der Waals surface area contributed by atoms with Crippen LogP contribution >= 0.6 is 11.6 Å². The fourth-order valence-electron chi connectivity index (χ4n) is 2.08. The summed E-state index contributed by atoms with van der Waals surface area (Å²) >= 11 is 6.22. The van der Waals surface area contributed by atoms with Crippen molar-refractivity contribution in [1.29, 1.82) is 0 Å². The molecule has 0 saturated heterocycles. The van der Waals surface area contributed by atoms with E-state index < -0.39 is 12.6 Å². The predicted octanol–water partition coefficient (Wildman–Crippen LogP) is 1.86. The first-order chi connectivity index (χ1) is 11.4. The summed E-state index contributed by atoms with van der Waals surface area (Å²) in [6.07, 6.45) is 2.77. The molecule has 0 atom stereocenters. The van der Waals surface area contributed by atoms with Crippen LogP contribution < -0.4 is 14.3 Å². The van der Waals surface area contributed by atoms with Crippen molar-refractivity contribution < 1.29 is 32.6 Å². The van der Waals surface area contributed by atoms with E-state index in [0.717, 1.165) is 0 Å². The summed E-state index contributed by atoms with van der Waals surface area (Å²) < 4.78 is 37.2. The Morgan fingerprint density at radius 3 is 2.79 bits per heavy atom. The molecule has 10 heteroatoms. The first-order valence-electron chi connectivity index (χ1n) is 6.83. The zero-order valence-corrected chi connectivity index (χ0v) is 13.9. The first-order valence-corrected chi connectivity index (χ1v) is 7.21. The minimum atomic E-state index is -3.03. The summed E-state index contributed by atoms with van der Waals surface area (Å²) in [5.74, 6) is -0.852. The van der Waals surface area contributed by atoms with Crippen molar-refractivity contribution in [1.82, 2.24) is 9.78 Å². The molecule has 2 aromatic rings. The first kappa shape index (κ1) is 17.9. The number of aromatic nitrogens is 3. The van der Waals surface area contributed by atoms with Crippen LogP contribution in [-0.2, 0) is 11.8 Å². The molecule has 0 N–H and O–H groups in total. The van der Waals surface area contributed by atoms with Crippen molar-refractivity contribution in [3.8, 4) is 17.0 Å². The van der Waals surface area contributed by atoms with Gasteiger partial charge in [-0.1, -0.05) is 11.6 Å². The van der Waals surface area contributed by atoms with E-state index in [4.69, 9.17) is 21.2 Å². The summed E-state index contributed by atoms with van der Waals surface area (Å²) in [5, 5.41) is 3.96. The van der Waals surface area contributed by atoms with E-state index in [1.54, 1.807) is 6.92 Å². The van der Waals surface area contributed by atoms with Crippen LogP contribution in [0.25, 0.3) is 11.3 Å². The van der Waals surface area contributed by atoms with Gasteiger partial charge in [-0.25, -0.2) is 4.79 Å². The summed E-state index contributed by atoms with van der Waals surface area (Å²) in [6, 6.07) is 1.29. The number of esters is 1. The van der Waals surface area contributed by atoms with E-state index in [1.807, 2.05) is 0 Å². The number of nitrogens with zero attached hydrogens (tertiary/aromatic N) is 3. The number of aryl methyl sites for hydroxylation is 1. The van der Waals surface area contributed by atoms with Crippen LogP contribution in [0.1, 0.15) is 17.4 Å². The third kappa shape index (κ3) is 3.56. The lowest BCUT2D eigenvalue weighted by Crippen LogP contribution is -2.39. The van der Waals surface area contributed by atoms with Gasteiger partial charge < -0.3 is 9.47 Å². The minimum Gasteiger partial charge on any atom is -0.461 e. The summed E-state index contributed by atoms with van der Waals surface area (Å²) in [6.45, 7) is -1.24. The second-order valence-electron chi connectivity index (χ2n) is 4.50. The van der Waals surface area contributed by atoms with Crippen LogP contribution in [0.5, 0.6) is 5.75 Å². The lowest BCUT2D eigenvalue weighted by Gasteiger charge is -2.09. The molecule has 0 aromatic carbocycles. The fraction of sp³-hybridized carbons (Fsp3) is 0.357. The number of rotatable bonds is 6. The van der Waals surface area contributed by atoms with Crippen molar-refractivity contribution >= 4 is 17.6 Å². The average molecular weight is 363 g/mol. The second kappa shape index (κ2) is 7.43. The van der Waals surface area contributed by atoms with Crippen molar-refractivity contribution in [3.05, 3.63) is 29.2 Å². The summed E-state index contributed by atoms with van der Waals surface area (Å²) in [5.41, 5.74) is 0.267. The van der Waals surface area contributed by atoms with Gasteiger partial charge in [-0.2, -0.15) is 13.9 Å². The normalized spacial score (nSPS) is 10.8. The van der Waals surface area contributed by atoms with Crippen LogP contribution in [0.4, 0.5) is 8.78 Å². The van der Waals surface area contributed by atoms with Crippen molar-refractivity contribution in [2.75, 3.05) is 13.7 Å². The lowest BCUT2D eigenvalue weighted by molar-refractivity contribution is -0.885. The molecular weight excluding hydrogens is 348 g/mol. The molecule has 2 aromatic heterocycles. The van der Waals surface area contributed by atoms with Crippen LogP contribution in [0, 0.1) is 0 Å². The molecule has 0 fully saturated rings. The molecule has 0 aliphatic carbocycles. The number of alkyl halides is 2. The smallest absolute Gasteiger partial charge is 0.387 e. The van der Waals surface area contributed by atoms with E-state index in [2.05, 4.69) is 9.84 Å². The molecule has 0 spiro atoms. The number of carbonyl (C=O) groups is 1. The molecule has 0 bridgehead atoms. The van der Waals surface area contributed by atoms with Gasteiger partial charge in [-0.15, -0.1) is 0 Å². The number of hydrogen-bond donors (Lipinski definition) is 0. The molecule has 0 amide bonds. The van der Waals surface area contributed by atoms with Crippen LogP contribution in [0.15, 0.2) is 18.5 Å². The second-order valence-corrected chi connectivity index (χ2v) is 4.88. The average Bonchev–Trinajstić information content (AvgIpc) is 2.82. The maximum absolute atomic E-state index is 12.6. The molecule has 0 aliphatic rings. The van der Waals surface area contributed by atoms with Crippen LogP contribution in [0.2, 0.25) is 5.02 Å². The Labute approximate surface area is 141 Å². The molecule has 24 heavy (non-hydrogen) atoms. The van der Waals surface area contributed by atoms with E-state index in [0.29, 0.717) is 0 Å². The molecule has 0 unspecified atom stereocenters. The topological polar surface area (TPSA) is 66.5 Å². The van der Waals surface area contributed by atoms with E-state index >= 15 is 0 Å². The predicted molar refractivity (Wildman–Crippen MR) is 78.9 cm³/mol. The van der Waals surface area contributed by atoms with Gasteiger partial charge in [-0.3, -0.25) is 9.52 Å². The molecule has 0 radical (unpaired) electrons. The largest absolute Gasteiger partial charge is 0.461 e. The van der Waals surface area contributed by atoms with Gasteiger partial charge in [0.25, 0.3) is 0 Å². The van der Waals surface area contributed by atoms with Gasteiger partial charge in [0.2, 0.25) is 12.4 Å². The maximum Gasteiger partial charge on any atom is 0.387 e.